The van der Waals surface area contributed by atoms with Crippen molar-refractivity contribution in [3.63, 3.8) is 0 Å². The Balaban J connectivity index is 2.72. The van der Waals surface area contributed by atoms with Gasteiger partial charge in [-0.1, -0.05) is 19.8 Å². The van der Waals surface area contributed by atoms with Crippen molar-refractivity contribution in [3.05, 3.63) is 24.0 Å². The Bertz CT molecular complexity index is 560. The average Bonchev–Trinajstić information content (AvgIpc) is 2.27. The number of carbonyl (C=O) groups excluding carboxylic acids is 1. The fourth-order valence-electron chi connectivity index (χ4n) is 1.54. The molecule has 0 heterocycles. The maximum absolute atomic E-state index is 13.5. The van der Waals surface area contributed by atoms with Crippen molar-refractivity contribution < 1.29 is 17.6 Å². The first-order valence-electron chi connectivity index (χ1n) is 5.88. The first-order valence-corrected chi connectivity index (χ1v) is 8.19. The number of hydrogen-bond acceptors (Lipinski definition) is 3. The summed E-state index contributed by atoms with van der Waals surface area (Å²) in [5, 5.41) is 2.50. The van der Waals surface area contributed by atoms with Gasteiger partial charge in [0.15, 0.2) is 0 Å². The highest BCUT2D eigenvalue weighted by Crippen LogP contribution is 2.22. The van der Waals surface area contributed by atoms with Crippen LogP contribution >= 0.6 is 10.7 Å². The Kier molecular flexibility index (Phi) is 5.75. The van der Waals surface area contributed by atoms with Gasteiger partial charge in [-0.15, -0.1) is 0 Å². The number of hydrogen-bond donors (Lipinski definition) is 1. The minimum absolute atomic E-state index is 0.211. The molecule has 0 aliphatic carbocycles. The van der Waals surface area contributed by atoms with Crippen molar-refractivity contribution in [3.8, 4) is 0 Å². The third-order valence-electron chi connectivity index (χ3n) is 2.49. The molecule has 0 fully saturated rings. The second kappa shape index (κ2) is 6.86. The van der Waals surface area contributed by atoms with Crippen LogP contribution in [0.2, 0.25) is 0 Å². The molecule has 1 aromatic rings. The van der Waals surface area contributed by atoms with E-state index in [9.17, 15) is 17.6 Å². The highest BCUT2D eigenvalue weighted by Gasteiger charge is 2.16. The second-order valence-corrected chi connectivity index (χ2v) is 6.62. The molecular weight excluding hydrogens is 293 g/mol. The molecule has 4 nitrogen and oxygen atoms in total. The van der Waals surface area contributed by atoms with Gasteiger partial charge in [-0.2, -0.15) is 0 Å². The number of rotatable bonds is 6. The van der Waals surface area contributed by atoms with Crippen LogP contribution in [0.3, 0.4) is 0 Å². The molecule has 0 aliphatic rings. The molecule has 0 unspecified atom stereocenters. The molecule has 0 aliphatic heterocycles. The minimum atomic E-state index is -4.11. The maximum Gasteiger partial charge on any atom is 0.264 e. The van der Waals surface area contributed by atoms with Crippen LogP contribution in [0.5, 0.6) is 0 Å². The molecule has 1 aromatic carbocycles. The first-order chi connectivity index (χ1) is 8.84. The monoisotopic (exact) mass is 307 g/mol. The number of halogens is 2. The summed E-state index contributed by atoms with van der Waals surface area (Å²) in [5.74, 6) is -1.21. The number of carbonyl (C=O) groups is 1. The van der Waals surface area contributed by atoms with Crippen molar-refractivity contribution in [2.24, 2.45) is 0 Å². The van der Waals surface area contributed by atoms with Crippen LogP contribution in [-0.2, 0) is 13.8 Å². The number of unbranched alkanes of at least 4 members (excludes halogenated alkanes) is 2. The lowest BCUT2D eigenvalue weighted by Gasteiger charge is -2.06. The van der Waals surface area contributed by atoms with Gasteiger partial charge in [-0.05, 0) is 24.6 Å². The molecule has 0 saturated heterocycles. The Hall–Kier alpha value is -1.14. The zero-order valence-electron chi connectivity index (χ0n) is 10.4. The molecule has 7 heteroatoms. The van der Waals surface area contributed by atoms with E-state index < -0.39 is 19.8 Å². The summed E-state index contributed by atoms with van der Waals surface area (Å²) in [5.41, 5.74) is 0.211. The van der Waals surface area contributed by atoms with Crippen LogP contribution in [0.25, 0.3) is 0 Å². The van der Waals surface area contributed by atoms with Crippen molar-refractivity contribution in [2.75, 3.05) is 5.32 Å². The largest absolute Gasteiger partial charge is 0.326 e. The van der Waals surface area contributed by atoms with Crippen LogP contribution in [-0.4, -0.2) is 14.3 Å². The summed E-state index contributed by atoms with van der Waals surface area (Å²) < 4.78 is 35.5. The normalized spacial score (nSPS) is 11.3. The molecule has 1 rings (SSSR count). The molecule has 0 bridgehead atoms. The van der Waals surface area contributed by atoms with E-state index in [1.54, 1.807) is 0 Å². The zero-order valence-corrected chi connectivity index (χ0v) is 12.0. The molecule has 0 spiro atoms. The van der Waals surface area contributed by atoms with Crippen LogP contribution in [0.15, 0.2) is 23.1 Å². The minimum Gasteiger partial charge on any atom is -0.326 e. The predicted octanol–water partition coefficient (Wildman–Crippen LogP) is 3.27. The third-order valence-corrected chi connectivity index (χ3v) is 3.84. The topological polar surface area (TPSA) is 63.2 Å². The average molecular weight is 308 g/mol. The van der Waals surface area contributed by atoms with Crippen molar-refractivity contribution in [2.45, 2.75) is 37.5 Å². The highest BCUT2D eigenvalue weighted by atomic mass is 35.7. The summed E-state index contributed by atoms with van der Waals surface area (Å²) in [6.07, 6.45) is 3.07. The zero-order chi connectivity index (χ0) is 14.5. The molecule has 0 aromatic heterocycles. The molecule has 0 atom stereocenters. The van der Waals surface area contributed by atoms with E-state index in [0.717, 1.165) is 31.4 Å². The van der Waals surface area contributed by atoms with E-state index >= 15 is 0 Å². The summed E-state index contributed by atoms with van der Waals surface area (Å²) in [6.45, 7) is 2.03. The van der Waals surface area contributed by atoms with Crippen LogP contribution < -0.4 is 5.32 Å². The summed E-state index contributed by atoms with van der Waals surface area (Å²) in [4.78, 5) is 10.9. The fourth-order valence-corrected chi connectivity index (χ4v) is 2.43. The Morgan fingerprint density at radius 2 is 2.05 bits per heavy atom. The van der Waals surface area contributed by atoms with Crippen molar-refractivity contribution in [1.82, 2.24) is 0 Å². The van der Waals surface area contributed by atoms with Gasteiger partial charge in [0.25, 0.3) is 9.05 Å². The lowest BCUT2D eigenvalue weighted by atomic mass is 10.2. The van der Waals surface area contributed by atoms with Gasteiger partial charge >= 0.3 is 0 Å². The van der Waals surface area contributed by atoms with E-state index in [1.807, 2.05) is 6.92 Å². The number of benzene rings is 1. The highest BCUT2D eigenvalue weighted by molar-refractivity contribution is 8.13. The third kappa shape index (κ3) is 5.16. The Morgan fingerprint density at radius 3 is 2.58 bits per heavy atom. The SMILES string of the molecule is CCCCCC(=O)Nc1ccc(S(=O)(=O)Cl)c(F)c1. The lowest BCUT2D eigenvalue weighted by molar-refractivity contribution is -0.116. The van der Waals surface area contributed by atoms with Crippen LogP contribution in [0, 0.1) is 5.82 Å². The molecule has 19 heavy (non-hydrogen) atoms. The quantitative estimate of drug-likeness (QED) is 0.648. The Morgan fingerprint density at radius 1 is 1.37 bits per heavy atom. The summed E-state index contributed by atoms with van der Waals surface area (Å²) in [7, 11) is 0.939. The Labute approximate surface area is 116 Å². The van der Waals surface area contributed by atoms with E-state index in [0.29, 0.717) is 6.42 Å². The number of anilines is 1. The number of amides is 1. The van der Waals surface area contributed by atoms with Crippen molar-refractivity contribution >= 4 is 31.3 Å². The molecule has 1 amide bonds. The summed E-state index contributed by atoms with van der Waals surface area (Å²) in [6, 6.07) is 3.27. The van der Waals surface area contributed by atoms with Gasteiger partial charge in [0.05, 0.1) is 0 Å². The molecular formula is C12H15ClFNO3S. The first kappa shape index (κ1) is 15.9. The predicted molar refractivity (Wildman–Crippen MR) is 72.2 cm³/mol. The van der Waals surface area contributed by atoms with Crippen LogP contribution in [0.4, 0.5) is 10.1 Å². The molecule has 0 saturated carbocycles. The standard InChI is InChI=1S/C12H15ClFNO3S/c1-2-3-4-5-12(16)15-9-6-7-11(10(14)8-9)19(13,17)18/h6-8H,2-5H2,1H3,(H,15,16). The van der Waals surface area contributed by atoms with E-state index in [-0.39, 0.29) is 11.6 Å². The molecule has 1 N–H and O–H groups in total. The van der Waals surface area contributed by atoms with E-state index in [4.69, 9.17) is 10.7 Å². The van der Waals surface area contributed by atoms with Gasteiger partial charge in [-0.3, -0.25) is 4.79 Å². The maximum atomic E-state index is 13.5. The molecule has 0 radical (unpaired) electrons. The second-order valence-electron chi connectivity index (χ2n) is 4.09. The summed E-state index contributed by atoms with van der Waals surface area (Å²) >= 11 is 0. The van der Waals surface area contributed by atoms with Crippen LogP contribution in [0.1, 0.15) is 32.6 Å². The smallest absolute Gasteiger partial charge is 0.264 e. The fraction of sp³-hybridized carbons (Fsp3) is 0.417. The van der Waals surface area contributed by atoms with Gasteiger partial charge in [-0.25, -0.2) is 12.8 Å². The van der Waals surface area contributed by atoms with Gasteiger partial charge in [0, 0.05) is 22.8 Å². The van der Waals surface area contributed by atoms with Gasteiger partial charge < -0.3 is 5.32 Å². The van der Waals surface area contributed by atoms with Gasteiger partial charge in [0.1, 0.15) is 10.7 Å². The lowest BCUT2D eigenvalue weighted by Crippen LogP contribution is -2.11. The van der Waals surface area contributed by atoms with E-state index in [1.165, 1.54) is 6.07 Å². The molecule has 106 valence electrons. The number of nitrogens with one attached hydrogen (secondary N) is 1. The van der Waals surface area contributed by atoms with E-state index in [2.05, 4.69) is 5.32 Å². The van der Waals surface area contributed by atoms with Gasteiger partial charge in [0.2, 0.25) is 5.91 Å². The van der Waals surface area contributed by atoms with Crippen molar-refractivity contribution in [1.29, 1.82) is 0 Å².